The number of nitrogen functional groups attached to an aromatic ring is 1. The van der Waals surface area contributed by atoms with Crippen LogP contribution in [0.1, 0.15) is 30.5 Å². The number of benzene rings is 2. The molecule has 0 aliphatic heterocycles. The van der Waals surface area contributed by atoms with Crippen LogP contribution in [0.25, 0.3) is 0 Å². The van der Waals surface area contributed by atoms with Crippen LogP contribution in [-0.4, -0.2) is 0 Å². The Labute approximate surface area is 127 Å². The average molecular weight is 291 g/mol. The van der Waals surface area contributed by atoms with E-state index in [0.717, 1.165) is 16.9 Å². The van der Waals surface area contributed by atoms with Gasteiger partial charge in [-0.2, -0.15) is 0 Å². The monoisotopic (exact) mass is 290 g/mol. The van der Waals surface area contributed by atoms with E-state index in [1.807, 2.05) is 32.9 Å². The quantitative estimate of drug-likeness (QED) is 0.705. The highest BCUT2D eigenvalue weighted by Gasteiger charge is 2.05. The third kappa shape index (κ3) is 3.91. The van der Waals surface area contributed by atoms with Crippen LogP contribution in [0.4, 0.5) is 17.1 Å². The van der Waals surface area contributed by atoms with Crippen molar-refractivity contribution in [2.45, 2.75) is 34.6 Å². The van der Waals surface area contributed by atoms with E-state index in [0.29, 0.717) is 10.7 Å². The number of anilines is 3. The molecule has 0 spiro atoms. The molecule has 0 fully saturated rings. The van der Waals surface area contributed by atoms with Crippen molar-refractivity contribution in [1.29, 1.82) is 0 Å². The second-order valence-electron chi connectivity index (χ2n) is 4.63. The first kappa shape index (κ1) is 16.4. The van der Waals surface area contributed by atoms with Gasteiger partial charge in [-0.05, 0) is 55.7 Å². The van der Waals surface area contributed by atoms with Crippen molar-refractivity contribution in [2.75, 3.05) is 11.1 Å². The summed E-state index contributed by atoms with van der Waals surface area (Å²) in [5.41, 5.74) is 12.0. The number of aryl methyl sites for hydroxylation is 3. The summed E-state index contributed by atoms with van der Waals surface area (Å²) in [5, 5.41) is 4.01. The third-order valence-corrected chi connectivity index (χ3v) is 3.33. The molecular formula is C17H23ClN2. The Morgan fingerprint density at radius 1 is 0.900 bits per heavy atom. The normalized spacial score (nSPS) is 9.70. The topological polar surface area (TPSA) is 38.0 Å². The van der Waals surface area contributed by atoms with Crippen molar-refractivity contribution in [1.82, 2.24) is 0 Å². The minimum Gasteiger partial charge on any atom is -0.397 e. The first-order valence-corrected chi connectivity index (χ1v) is 7.25. The first-order valence-electron chi connectivity index (χ1n) is 6.87. The molecule has 0 saturated heterocycles. The molecule has 2 aromatic rings. The van der Waals surface area contributed by atoms with Crippen molar-refractivity contribution >= 4 is 28.7 Å². The Morgan fingerprint density at radius 3 is 2.15 bits per heavy atom. The summed E-state index contributed by atoms with van der Waals surface area (Å²) in [6, 6.07) is 10.1. The fourth-order valence-electron chi connectivity index (χ4n) is 1.84. The Hall–Kier alpha value is -1.67. The molecule has 0 bridgehead atoms. The molecule has 0 amide bonds. The second kappa shape index (κ2) is 7.20. The van der Waals surface area contributed by atoms with Crippen LogP contribution in [0.3, 0.4) is 0 Å². The molecular weight excluding hydrogens is 268 g/mol. The number of hydrogen-bond donors (Lipinski definition) is 2. The average Bonchev–Trinajstić information content (AvgIpc) is 2.42. The lowest BCUT2D eigenvalue weighted by Crippen LogP contribution is -1.98. The van der Waals surface area contributed by atoms with Gasteiger partial charge in [0.25, 0.3) is 0 Å². The van der Waals surface area contributed by atoms with Crippen molar-refractivity contribution in [2.24, 2.45) is 0 Å². The summed E-state index contributed by atoms with van der Waals surface area (Å²) in [5.74, 6) is 0. The molecule has 0 saturated carbocycles. The van der Waals surface area contributed by atoms with E-state index in [-0.39, 0.29) is 0 Å². The second-order valence-corrected chi connectivity index (χ2v) is 5.04. The Kier molecular flexibility index (Phi) is 5.90. The first-order chi connectivity index (χ1) is 9.47. The molecule has 3 N–H and O–H groups in total. The van der Waals surface area contributed by atoms with E-state index in [2.05, 4.69) is 37.4 Å². The highest BCUT2D eigenvalue weighted by Crippen LogP contribution is 2.30. The van der Waals surface area contributed by atoms with Crippen molar-refractivity contribution in [3.63, 3.8) is 0 Å². The van der Waals surface area contributed by atoms with Crippen LogP contribution < -0.4 is 11.1 Å². The molecule has 0 aromatic heterocycles. The predicted molar refractivity (Wildman–Crippen MR) is 91.1 cm³/mol. The van der Waals surface area contributed by atoms with Gasteiger partial charge < -0.3 is 11.1 Å². The molecule has 3 heteroatoms. The summed E-state index contributed by atoms with van der Waals surface area (Å²) in [6.45, 7) is 10.2. The summed E-state index contributed by atoms with van der Waals surface area (Å²) in [6.07, 6.45) is 0. The zero-order chi connectivity index (χ0) is 15.3. The van der Waals surface area contributed by atoms with Crippen LogP contribution in [0.5, 0.6) is 0 Å². The molecule has 0 radical (unpaired) electrons. The number of halogens is 1. The van der Waals surface area contributed by atoms with Gasteiger partial charge in [0.1, 0.15) is 0 Å². The number of rotatable bonds is 2. The van der Waals surface area contributed by atoms with Gasteiger partial charge in [0.15, 0.2) is 0 Å². The van der Waals surface area contributed by atoms with E-state index < -0.39 is 0 Å². The predicted octanol–water partition coefficient (Wildman–Crippen LogP) is 5.62. The fraction of sp³-hybridized carbons (Fsp3) is 0.294. The van der Waals surface area contributed by atoms with Crippen LogP contribution in [-0.2, 0) is 0 Å². The van der Waals surface area contributed by atoms with Crippen LogP contribution in [0, 0.1) is 20.8 Å². The molecule has 0 aliphatic carbocycles. The largest absolute Gasteiger partial charge is 0.397 e. The number of nitrogens with two attached hydrogens (primary N) is 1. The Bertz CT molecular complexity index is 592. The summed E-state index contributed by atoms with van der Waals surface area (Å²) in [7, 11) is 0. The van der Waals surface area contributed by atoms with Gasteiger partial charge in [0.05, 0.1) is 10.7 Å². The zero-order valence-electron chi connectivity index (χ0n) is 12.8. The molecule has 0 atom stereocenters. The van der Waals surface area contributed by atoms with E-state index in [4.69, 9.17) is 17.3 Å². The number of hydrogen-bond acceptors (Lipinski definition) is 2. The molecule has 2 rings (SSSR count). The third-order valence-electron chi connectivity index (χ3n) is 3.01. The summed E-state index contributed by atoms with van der Waals surface area (Å²) >= 11 is 5.99. The lowest BCUT2D eigenvalue weighted by Gasteiger charge is -2.14. The van der Waals surface area contributed by atoms with Gasteiger partial charge in [-0.1, -0.05) is 37.6 Å². The van der Waals surface area contributed by atoms with E-state index >= 15 is 0 Å². The zero-order valence-corrected chi connectivity index (χ0v) is 13.6. The fourth-order valence-corrected chi connectivity index (χ4v) is 2.06. The van der Waals surface area contributed by atoms with Crippen molar-refractivity contribution in [3.05, 3.63) is 52.0 Å². The van der Waals surface area contributed by atoms with Gasteiger partial charge in [-0.3, -0.25) is 0 Å². The molecule has 2 nitrogen and oxygen atoms in total. The van der Waals surface area contributed by atoms with Gasteiger partial charge in [0, 0.05) is 11.4 Å². The molecule has 0 aliphatic rings. The molecule has 20 heavy (non-hydrogen) atoms. The van der Waals surface area contributed by atoms with Gasteiger partial charge in [-0.15, -0.1) is 0 Å². The molecule has 0 unspecified atom stereocenters. The molecule has 108 valence electrons. The molecule has 0 heterocycles. The highest BCUT2D eigenvalue weighted by molar-refractivity contribution is 6.33. The van der Waals surface area contributed by atoms with E-state index in [9.17, 15) is 0 Å². The van der Waals surface area contributed by atoms with Crippen LogP contribution >= 0.6 is 11.6 Å². The van der Waals surface area contributed by atoms with E-state index in [1.54, 1.807) is 0 Å². The van der Waals surface area contributed by atoms with E-state index in [1.165, 1.54) is 11.1 Å². The lowest BCUT2D eigenvalue weighted by molar-refractivity contribution is 1.36. The van der Waals surface area contributed by atoms with Gasteiger partial charge in [-0.25, -0.2) is 0 Å². The maximum absolute atomic E-state index is 5.99. The van der Waals surface area contributed by atoms with Crippen LogP contribution in [0.15, 0.2) is 30.3 Å². The lowest BCUT2D eigenvalue weighted by atomic mass is 10.1. The summed E-state index contributed by atoms with van der Waals surface area (Å²) in [4.78, 5) is 0. The molecule has 2 aromatic carbocycles. The standard InChI is InChI=1S/C15H17ClN2.C2H6/c1-9-4-5-10(2)14(6-9)18-15-8-13(17)12(16)7-11(15)3;1-2/h4-8,18H,17H2,1-3H3;1-2H3. The van der Waals surface area contributed by atoms with Crippen molar-refractivity contribution in [3.8, 4) is 0 Å². The highest BCUT2D eigenvalue weighted by atomic mass is 35.5. The minimum absolute atomic E-state index is 0.593. The SMILES string of the molecule is CC.Cc1ccc(C)c(Nc2cc(N)c(Cl)cc2C)c1. The Morgan fingerprint density at radius 2 is 1.50 bits per heavy atom. The maximum Gasteiger partial charge on any atom is 0.0639 e. The maximum atomic E-state index is 5.99. The minimum atomic E-state index is 0.593. The smallest absolute Gasteiger partial charge is 0.0639 e. The van der Waals surface area contributed by atoms with Crippen molar-refractivity contribution < 1.29 is 0 Å². The van der Waals surface area contributed by atoms with Crippen LogP contribution in [0.2, 0.25) is 5.02 Å². The Balaban J connectivity index is 0.000000956. The summed E-state index contributed by atoms with van der Waals surface area (Å²) < 4.78 is 0. The van der Waals surface area contributed by atoms with Gasteiger partial charge in [0.2, 0.25) is 0 Å². The number of nitrogens with one attached hydrogen (secondary N) is 1. The van der Waals surface area contributed by atoms with Gasteiger partial charge >= 0.3 is 0 Å².